The van der Waals surface area contributed by atoms with Crippen molar-refractivity contribution in [3.63, 3.8) is 0 Å². The molecule has 0 unspecified atom stereocenters. The van der Waals surface area contributed by atoms with Crippen molar-refractivity contribution in [1.29, 1.82) is 0 Å². The van der Waals surface area contributed by atoms with Crippen LogP contribution in [0, 0.1) is 34.4 Å². The van der Waals surface area contributed by atoms with Gasteiger partial charge < -0.3 is 14.5 Å². The van der Waals surface area contributed by atoms with Crippen molar-refractivity contribution in [2.45, 2.75) is 180 Å². The van der Waals surface area contributed by atoms with Crippen LogP contribution >= 0.6 is 46.7 Å². The molecule has 0 amide bonds. The fourth-order valence-corrected chi connectivity index (χ4v) is 25.5. The van der Waals surface area contributed by atoms with Crippen molar-refractivity contribution < 1.29 is 49.3 Å². The van der Waals surface area contributed by atoms with Crippen LogP contribution in [-0.4, -0.2) is 80.6 Å². The summed E-state index contributed by atoms with van der Waals surface area (Å²) in [5.74, 6) is 0. The second kappa shape index (κ2) is 50.3. The topological polar surface area (TPSA) is 19.2 Å². The zero-order chi connectivity index (χ0) is 79.4. The molecule has 5 aliphatic rings. The van der Waals surface area contributed by atoms with Crippen LogP contribution in [0.1, 0.15) is 163 Å². The van der Waals surface area contributed by atoms with E-state index in [0.29, 0.717) is 0 Å². The van der Waals surface area contributed by atoms with Crippen LogP contribution in [0.15, 0.2) is 267 Å². The van der Waals surface area contributed by atoms with E-state index in [1.807, 2.05) is 21.4 Å². The van der Waals surface area contributed by atoms with Gasteiger partial charge >= 0.3 is 346 Å². The van der Waals surface area contributed by atoms with Crippen molar-refractivity contribution in [3.05, 3.63) is 340 Å². The first kappa shape index (κ1) is 91.5. The number of anilines is 3. The third-order valence-corrected chi connectivity index (χ3v) is 30.1. The van der Waals surface area contributed by atoms with Gasteiger partial charge in [-0.05, 0) is 151 Å². The molecule has 0 atom stereocenters. The van der Waals surface area contributed by atoms with E-state index in [1.165, 1.54) is 95.4 Å². The molecule has 15 rings (SSSR count). The molecule has 4 fully saturated rings. The Morgan fingerprint density at radius 3 is 1.02 bits per heavy atom. The maximum Gasteiger partial charge on any atom is -1.00 e. The van der Waals surface area contributed by atoms with Crippen molar-refractivity contribution in [2.24, 2.45) is 0 Å². The largest absolute Gasteiger partial charge is 1.00 e. The van der Waals surface area contributed by atoms with Crippen LogP contribution in [0.25, 0.3) is 0 Å². The molecule has 2 heterocycles. The average molecular weight is 1810 g/mol. The molecular formula is C96H114BCl4F4N6PRu2. The summed E-state index contributed by atoms with van der Waals surface area (Å²) < 4.78 is 35.4. The number of nitrogens with zero attached hydrogens (tertiary/aromatic N) is 6. The molecule has 114 heavy (non-hydrogen) atoms. The molecule has 0 spiro atoms. The minimum atomic E-state index is -3.67. The quantitative estimate of drug-likeness (QED) is 0.0234. The number of benzene rings is 10. The number of halogens is 8. The van der Waals surface area contributed by atoms with E-state index in [2.05, 4.69) is 325 Å². The second-order valence-electron chi connectivity index (χ2n) is 30.1. The summed E-state index contributed by atoms with van der Waals surface area (Å²) in [6, 6.07) is 93.4. The smallest absolute Gasteiger partial charge is 1.00 e. The van der Waals surface area contributed by atoms with Gasteiger partial charge in [-0.3, -0.25) is 12.9 Å². The van der Waals surface area contributed by atoms with Crippen molar-refractivity contribution >= 4 is 92.5 Å². The zero-order valence-electron chi connectivity index (χ0n) is 66.6. The molecule has 2 aliphatic heterocycles. The fourth-order valence-electron chi connectivity index (χ4n) is 16.5. The first-order valence-corrected chi connectivity index (χ1v) is 53.0. The number of aryl methyl sites for hydroxylation is 4. The Morgan fingerprint density at radius 2 is 0.684 bits per heavy atom. The van der Waals surface area contributed by atoms with Gasteiger partial charge in [-0.2, -0.15) is 6.67 Å². The third-order valence-electron chi connectivity index (χ3n) is 21.9. The summed E-state index contributed by atoms with van der Waals surface area (Å²) in [4.78, 5) is 11.9. The van der Waals surface area contributed by atoms with E-state index < -0.39 is 34.6 Å². The Labute approximate surface area is 707 Å². The van der Waals surface area contributed by atoms with Crippen LogP contribution < -0.4 is 19.4 Å². The van der Waals surface area contributed by atoms with Gasteiger partial charge in [-0.1, -0.05) is 92.1 Å². The van der Waals surface area contributed by atoms with E-state index in [1.54, 1.807) is 96.3 Å². The number of hydrogen-bond acceptors (Lipinski definition) is 5. The molecule has 10 aromatic carbocycles. The monoisotopic (exact) mass is 1810 g/mol. The summed E-state index contributed by atoms with van der Waals surface area (Å²) in [5.41, 5.74) is 24.3. The van der Waals surface area contributed by atoms with Gasteiger partial charge in [0, 0.05) is 32.4 Å². The van der Waals surface area contributed by atoms with E-state index in [-0.39, 0.29) is 12.6 Å². The molecule has 10 aromatic rings. The summed E-state index contributed by atoms with van der Waals surface area (Å²) >= 11 is -3.70. The number of hydrogen-bond donors (Lipinski definition) is 0. The van der Waals surface area contributed by atoms with Crippen LogP contribution in [-0.2, 0) is 66.3 Å². The van der Waals surface area contributed by atoms with Gasteiger partial charge in [0.2, 0.25) is 6.34 Å². The predicted octanol–water partition coefficient (Wildman–Crippen LogP) is 23.3. The van der Waals surface area contributed by atoms with Crippen molar-refractivity contribution in [1.82, 2.24) is 9.80 Å². The summed E-state index contributed by atoms with van der Waals surface area (Å²) in [5, 5.41) is 0. The molecule has 0 radical (unpaired) electrons. The van der Waals surface area contributed by atoms with Gasteiger partial charge in [0.1, 0.15) is 24.5 Å². The predicted molar refractivity (Wildman–Crippen MR) is 478 cm³/mol. The maximum atomic E-state index is 9.67. The van der Waals surface area contributed by atoms with E-state index in [4.69, 9.17) is 38.8 Å². The molecule has 3 aliphatic carbocycles. The van der Waals surface area contributed by atoms with Crippen LogP contribution in [0.5, 0.6) is 0 Å². The first-order chi connectivity index (χ1) is 55.1. The number of para-hydroxylation sites is 4. The number of rotatable bonds is 21. The van der Waals surface area contributed by atoms with E-state index in [0.717, 1.165) is 76.6 Å². The third kappa shape index (κ3) is 30.8. The Bertz CT molecular complexity index is 4190. The van der Waals surface area contributed by atoms with Crippen molar-refractivity contribution in [2.75, 3.05) is 40.9 Å². The Kier molecular flexibility index (Phi) is 40.4. The molecule has 6 nitrogen and oxygen atoms in total. The van der Waals surface area contributed by atoms with Gasteiger partial charge in [-0.15, -0.1) is 0 Å². The van der Waals surface area contributed by atoms with Gasteiger partial charge in [0.25, 0.3) is 0 Å². The molecule has 18 heteroatoms. The minimum Gasteiger partial charge on any atom is -1.00 e. The van der Waals surface area contributed by atoms with Gasteiger partial charge in [0.05, 0.1) is 17.0 Å². The maximum absolute atomic E-state index is 9.67. The molecule has 0 N–H and O–H groups in total. The van der Waals surface area contributed by atoms with Gasteiger partial charge in [-0.25, -0.2) is 9.48 Å². The summed E-state index contributed by atoms with van der Waals surface area (Å²) in [6.45, 7) is 20.3. The van der Waals surface area contributed by atoms with E-state index in [9.17, 15) is 12.9 Å². The molecule has 0 aromatic heterocycles. The van der Waals surface area contributed by atoms with Crippen LogP contribution in [0.2, 0.25) is 0 Å². The van der Waals surface area contributed by atoms with Crippen LogP contribution in [0.3, 0.4) is 0 Å². The summed E-state index contributed by atoms with van der Waals surface area (Å²) in [7, 11) is 20.8. The normalized spacial score (nSPS) is 15.2. The SMILES string of the molecule is C1CCC([PH+](C2CCCCC2)C2CCCCC2)CC1.Cc1ccccc1N1C=[N+](c2ccccc2C)CC1.Cc1ccccc1N1[CH-]N(c2ccccc2C)CC1.FB(F)F.[Cl][Ru]([Cl])=[CH]c1ccccc1CN(Cc1ccccc1)Cc1ccccc1.[Cl][Ru]([Cl])=[CH]c1ccccc1CN(Cc1ccccc1)Cc1ccccc1.[F-]. The molecule has 0 bridgehead atoms. The first-order valence-electron chi connectivity index (χ1n) is 40.3. The molecule has 1 saturated heterocycles. The molecular weight excluding hydrogens is 1700 g/mol. The molecule has 608 valence electrons. The minimum absolute atomic E-state index is 0. The van der Waals surface area contributed by atoms with Crippen LogP contribution in [0.4, 0.5) is 35.7 Å². The Balaban J connectivity index is 0.000000162. The Hall–Kier alpha value is -6.45. The van der Waals surface area contributed by atoms with Crippen molar-refractivity contribution in [3.8, 4) is 0 Å². The summed E-state index contributed by atoms with van der Waals surface area (Å²) in [6.07, 6.45) is 26.0. The zero-order valence-corrected chi connectivity index (χ0v) is 74.1. The average Bonchev–Trinajstić information content (AvgIpc) is 1.80. The molecule has 3 saturated carbocycles. The second-order valence-corrected chi connectivity index (χ2v) is 45.0. The standard InChI is InChI=1S/2C22H21N.C18H33P.2C17H19N2.BF3.4ClH.FH.2Ru/c2*1-19-10-8-9-15-22(19)18-23(16-20-11-4-2-5-12-20)17-21-13-6-3-7-14-21;1-4-10-16(11-5-1)19(17-12-6-2-7-13-17)18-14-8-3-9-15-18;2*1-14-7-3-5-9-16(14)18-11-12-19(13-18)17-10-6-4-8-15(17)2;2-1(3)4;;;;;;;/h2*1-15H,16-18H2;16-18H,1-15H2;2*3-10,13H,11-12H2,1-2H3;;5*1H;;/q;;;-1;+1;;;;;;;2*+2/p-4. The fraction of sp³-hybridized carbons (Fsp3) is 0.333. The Morgan fingerprint density at radius 1 is 0.386 bits per heavy atom. The van der Waals surface area contributed by atoms with E-state index >= 15 is 0 Å². The van der Waals surface area contributed by atoms with Gasteiger partial charge in [0.15, 0.2) is 0 Å².